The number of halogens is 3. The van der Waals surface area contributed by atoms with E-state index in [2.05, 4.69) is 15.5 Å². The average Bonchev–Trinajstić information content (AvgIpc) is 3.02. The highest BCUT2D eigenvalue weighted by Gasteiger charge is 2.33. The predicted octanol–water partition coefficient (Wildman–Crippen LogP) is 4.10. The second kappa shape index (κ2) is 6.39. The van der Waals surface area contributed by atoms with Crippen LogP contribution in [0.5, 0.6) is 0 Å². The fraction of sp³-hybridized carbons (Fsp3) is 0.400. The summed E-state index contributed by atoms with van der Waals surface area (Å²) in [4.78, 5) is 15.4. The maximum atomic E-state index is 12.5. The Labute approximate surface area is 140 Å². The SMILES string of the molecule is CCC1c2ccsc2CCN1C(=O)Nc1ccc(C(F)(F)F)nn1. The molecule has 24 heavy (non-hydrogen) atoms. The summed E-state index contributed by atoms with van der Waals surface area (Å²) in [6.07, 6.45) is -3.02. The number of carbonyl (C=O) groups is 1. The van der Waals surface area contributed by atoms with Crippen molar-refractivity contribution in [3.8, 4) is 0 Å². The molecule has 0 aliphatic carbocycles. The smallest absolute Gasteiger partial charge is 0.317 e. The molecule has 9 heteroatoms. The van der Waals surface area contributed by atoms with Crippen molar-refractivity contribution >= 4 is 23.2 Å². The Morgan fingerprint density at radius 2 is 2.17 bits per heavy atom. The zero-order valence-corrected chi connectivity index (χ0v) is 13.6. The highest BCUT2D eigenvalue weighted by atomic mass is 32.1. The molecule has 5 nitrogen and oxygen atoms in total. The first-order valence-electron chi connectivity index (χ1n) is 7.45. The maximum absolute atomic E-state index is 12.5. The lowest BCUT2D eigenvalue weighted by Crippen LogP contribution is -2.42. The van der Waals surface area contributed by atoms with Gasteiger partial charge in [-0.2, -0.15) is 13.2 Å². The number of hydrogen-bond acceptors (Lipinski definition) is 4. The van der Waals surface area contributed by atoms with E-state index in [-0.39, 0.29) is 17.9 Å². The lowest BCUT2D eigenvalue weighted by molar-refractivity contribution is -0.141. The Morgan fingerprint density at radius 3 is 2.79 bits per heavy atom. The number of nitrogens with one attached hydrogen (secondary N) is 1. The van der Waals surface area contributed by atoms with E-state index in [1.54, 1.807) is 16.2 Å². The minimum atomic E-state index is -4.55. The first kappa shape index (κ1) is 16.7. The zero-order valence-electron chi connectivity index (χ0n) is 12.8. The van der Waals surface area contributed by atoms with Gasteiger partial charge in [0.2, 0.25) is 0 Å². The molecule has 0 radical (unpaired) electrons. The quantitative estimate of drug-likeness (QED) is 0.881. The van der Waals surface area contributed by atoms with Crippen molar-refractivity contribution in [3.05, 3.63) is 39.7 Å². The summed E-state index contributed by atoms with van der Waals surface area (Å²) in [5.74, 6) is -0.000955. The molecule has 1 atom stereocenters. The Hall–Kier alpha value is -2.16. The normalized spacial score (nSPS) is 17.5. The molecule has 128 valence electrons. The van der Waals surface area contributed by atoms with Crippen molar-refractivity contribution in [2.45, 2.75) is 32.0 Å². The van der Waals surface area contributed by atoms with E-state index in [1.165, 1.54) is 4.88 Å². The van der Waals surface area contributed by atoms with Crippen LogP contribution in [0.1, 0.15) is 35.5 Å². The van der Waals surface area contributed by atoms with E-state index >= 15 is 0 Å². The number of thiophene rings is 1. The molecule has 2 amide bonds. The summed E-state index contributed by atoms with van der Waals surface area (Å²) in [6.45, 7) is 2.56. The van der Waals surface area contributed by atoms with Crippen LogP contribution in [0.25, 0.3) is 0 Å². The van der Waals surface area contributed by atoms with Crippen molar-refractivity contribution in [3.63, 3.8) is 0 Å². The molecule has 1 aliphatic rings. The standard InChI is InChI=1S/C15H15F3N4OS/c1-2-10-9-6-8-24-11(9)5-7-22(10)14(23)19-13-4-3-12(20-21-13)15(16,17)18/h3-4,6,8,10H,2,5,7H2,1H3,(H,19,21,23). The summed E-state index contributed by atoms with van der Waals surface area (Å²) in [5.41, 5.74) is 0.0511. The highest BCUT2D eigenvalue weighted by Crippen LogP contribution is 2.35. The van der Waals surface area contributed by atoms with E-state index in [0.29, 0.717) is 6.54 Å². The molecule has 3 rings (SSSR count). The third kappa shape index (κ3) is 3.21. The number of hydrogen-bond donors (Lipinski definition) is 1. The van der Waals surface area contributed by atoms with Gasteiger partial charge >= 0.3 is 12.2 Å². The van der Waals surface area contributed by atoms with Gasteiger partial charge in [-0.1, -0.05) is 6.92 Å². The third-order valence-corrected chi connectivity index (χ3v) is 4.93. The van der Waals surface area contributed by atoms with Gasteiger partial charge in [-0.05, 0) is 42.0 Å². The van der Waals surface area contributed by atoms with Gasteiger partial charge < -0.3 is 4.90 Å². The number of rotatable bonds is 2. The fourth-order valence-corrected chi connectivity index (χ4v) is 3.74. The molecule has 0 saturated carbocycles. The molecule has 2 aromatic rings. The summed E-state index contributed by atoms with van der Waals surface area (Å²) < 4.78 is 37.4. The van der Waals surface area contributed by atoms with Crippen LogP contribution in [0.4, 0.5) is 23.8 Å². The Balaban J connectivity index is 1.73. The molecule has 0 aromatic carbocycles. The van der Waals surface area contributed by atoms with Crippen molar-refractivity contribution in [1.82, 2.24) is 15.1 Å². The van der Waals surface area contributed by atoms with E-state index < -0.39 is 11.9 Å². The molecule has 0 fully saturated rings. The van der Waals surface area contributed by atoms with Crippen LogP contribution in [0, 0.1) is 0 Å². The zero-order chi connectivity index (χ0) is 17.3. The molecular formula is C15H15F3N4OS. The van der Waals surface area contributed by atoms with E-state index in [1.807, 2.05) is 18.4 Å². The van der Waals surface area contributed by atoms with Crippen LogP contribution in [0.2, 0.25) is 0 Å². The van der Waals surface area contributed by atoms with Gasteiger partial charge in [0.25, 0.3) is 0 Å². The van der Waals surface area contributed by atoms with Crippen molar-refractivity contribution in [2.24, 2.45) is 0 Å². The minimum Gasteiger partial charge on any atom is -0.317 e. The molecule has 0 bridgehead atoms. The summed E-state index contributed by atoms with van der Waals surface area (Å²) >= 11 is 1.68. The number of carbonyl (C=O) groups excluding carboxylic acids is 1. The number of aromatic nitrogens is 2. The molecular weight excluding hydrogens is 341 g/mol. The van der Waals surface area contributed by atoms with Gasteiger partial charge in [0, 0.05) is 11.4 Å². The molecule has 1 aliphatic heterocycles. The van der Waals surface area contributed by atoms with Crippen LogP contribution in [-0.2, 0) is 12.6 Å². The van der Waals surface area contributed by atoms with Crippen LogP contribution < -0.4 is 5.32 Å². The maximum Gasteiger partial charge on any atom is 0.435 e. The Kier molecular flexibility index (Phi) is 4.44. The summed E-state index contributed by atoms with van der Waals surface area (Å²) in [6, 6.07) is 3.50. The van der Waals surface area contributed by atoms with Gasteiger partial charge in [0.15, 0.2) is 11.5 Å². The molecule has 0 spiro atoms. The van der Waals surface area contributed by atoms with E-state index in [9.17, 15) is 18.0 Å². The summed E-state index contributed by atoms with van der Waals surface area (Å²) in [7, 11) is 0. The molecule has 3 heterocycles. The number of amides is 2. The van der Waals surface area contributed by atoms with Gasteiger partial charge in [-0.25, -0.2) is 4.79 Å². The van der Waals surface area contributed by atoms with E-state index in [4.69, 9.17) is 0 Å². The Bertz CT molecular complexity index is 729. The number of urea groups is 1. The van der Waals surface area contributed by atoms with Crippen LogP contribution in [0.15, 0.2) is 23.6 Å². The largest absolute Gasteiger partial charge is 0.435 e. The van der Waals surface area contributed by atoms with Gasteiger partial charge in [0.05, 0.1) is 6.04 Å². The average molecular weight is 356 g/mol. The number of fused-ring (bicyclic) bond motifs is 1. The van der Waals surface area contributed by atoms with Gasteiger partial charge in [0.1, 0.15) is 0 Å². The lowest BCUT2D eigenvalue weighted by atomic mass is 9.98. The number of nitrogens with zero attached hydrogens (tertiary/aromatic N) is 3. The summed E-state index contributed by atoms with van der Waals surface area (Å²) in [5, 5.41) is 11.1. The molecule has 2 aromatic heterocycles. The first-order chi connectivity index (χ1) is 11.4. The second-order valence-electron chi connectivity index (χ2n) is 5.40. The van der Waals surface area contributed by atoms with Gasteiger partial charge in [-0.3, -0.25) is 5.32 Å². The van der Waals surface area contributed by atoms with E-state index in [0.717, 1.165) is 30.5 Å². The van der Waals surface area contributed by atoms with Crippen LogP contribution in [-0.4, -0.2) is 27.7 Å². The third-order valence-electron chi connectivity index (χ3n) is 3.93. The lowest BCUT2D eigenvalue weighted by Gasteiger charge is -2.35. The van der Waals surface area contributed by atoms with Crippen molar-refractivity contribution in [2.75, 3.05) is 11.9 Å². The van der Waals surface area contributed by atoms with Gasteiger partial charge in [-0.15, -0.1) is 21.5 Å². The molecule has 0 saturated heterocycles. The van der Waals surface area contributed by atoms with Crippen molar-refractivity contribution in [1.29, 1.82) is 0 Å². The topological polar surface area (TPSA) is 58.1 Å². The number of alkyl halides is 3. The van der Waals surface area contributed by atoms with Crippen LogP contribution in [0.3, 0.4) is 0 Å². The molecule has 1 N–H and O–H groups in total. The first-order valence-corrected chi connectivity index (χ1v) is 8.33. The molecule has 1 unspecified atom stereocenters. The fourth-order valence-electron chi connectivity index (χ4n) is 2.81. The van der Waals surface area contributed by atoms with Crippen LogP contribution >= 0.6 is 11.3 Å². The number of anilines is 1. The monoisotopic (exact) mass is 356 g/mol. The highest BCUT2D eigenvalue weighted by molar-refractivity contribution is 7.10. The predicted molar refractivity (Wildman–Crippen MR) is 83.8 cm³/mol. The second-order valence-corrected chi connectivity index (χ2v) is 6.40. The van der Waals surface area contributed by atoms with Crippen molar-refractivity contribution < 1.29 is 18.0 Å². The Morgan fingerprint density at radius 1 is 1.38 bits per heavy atom. The minimum absolute atomic E-state index is 0.000955.